The first kappa shape index (κ1) is 10.6. The van der Waals surface area contributed by atoms with Gasteiger partial charge in [-0.15, -0.1) is 11.3 Å². The summed E-state index contributed by atoms with van der Waals surface area (Å²) >= 11 is 1.45. The van der Waals surface area contributed by atoms with E-state index in [-0.39, 0.29) is 12.0 Å². The molecule has 2 atom stereocenters. The molecule has 0 bridgehead atoms. The van der Waals surface area contributed by atoms with Gasteiger partial charge in [0.2, 0.25) is 0 Å². The number of hydrogen-bond donors (Lipinski definition) is 1. The van der Waals surface area contributed by atoms with Crippen molar-refractivity contribution in [3.8, 4) is 0 Å². The Morgan fingerprint density at radius 1 is 1.67 bits per heavy atom. The van der Waals surface area contributed by atoms with Crippen LogP contribution in [0, 0.1) is 5.92 Å². The van der Waals surface area contributed by atoms with E-state index in [0.717, 1.165) is 17.8 Å². The molecule has 15 heavy (non-hydrogen) atoms. The minimum atomic E-state index is -0.373. The highest BCUT2D eigenvalue weighted by Crippen LogP contribution is 2.20. The number of piperidine rings is 1. The molecule has 82 valence electrons. The Morgan fingerprint density at radius 3 is 3.07 bits per heavy atom. The summed E-state index contributed by atoms with van der Waals surface area (Å²) in [4.78, 5) is 14.4. The largest absolute Gasteiger partial charge is 0.391 e. The van der Waals surface area contributed by atoms with E-state index >= 15 is 0 Å². The minimum Gasteiger partial charge on any atom is -0.391 e. The molecule has 1 saturated heterocycles. The molecule has 2 heterocycles. The second-order valence-electron chi connectivity index (χ2n) is 4.06. The van der Waals surface area contributed by atoms with Crippen molar-refractivity contribution in [2.24, 2.45) is 5.92 Å². The highest BCUT2D eigenvalue weighted by atomic mass is 32.1. The molecule has 2 unspecified atom stereocenters. The highest BCUT2D eigenvalue weighted by Gasteiger charge is 2.27. The van der Waals surface area contributed by atoms with Crippen molar-refractivity contribution >= 4 is 17.2 Å². The number of β-amino-alcohol motifs (C(OH)–C–C–N with tert-alkyl or cyclic N) is 1. The average Bonchev–Trinajstić information content (AvgIpc) is 2.74. The molecular formula is C11H15NO2S. The molecule has 1 aromatic rings. The minimum absolute atomic E-state index is 0.0518. The molecule has 3 nitrogen and oxygen atoms in total. The lowest BCUT2D eigenvalue weighted by Gasteiger charge is -2.34. The van der Waals surface area contributed by atoms with Crippen LogP contribution in [-0.4, -0.2) is 35.1 Å². The quantitative estimate of drug-likeness (QED) is 0.788. The van der Waals surface area contributed by atoms with E-state index in [1.807, 2.05) is 24.4 Å². The normalized spacial score (nSPS) is 26.7. The van der Waals surface area contributed by atoms with Gasteiger partial charge in [0.1, 0.15) is 0 Å². The molecule has 1 N–H and O–H groups in total. The van der Waals surface area contributed by atoms with Gasteiger partial charge in [-0.1, -0.05) is 13.0 Å². The van der Waals surface area contributed by atoms with E-state index in [4.69, 9.17) is 0 Å². The van der Waals surface area contributed by atoms with Crippen molar-refractivity contribution in [2.75, 3.05) is 13.1 Å². The molecule has 1 aliphatic rings. The fourth-order valence-electron chi connectivity index (χ4n) is 1.79. The first-order valence-electron chi connectivity index (χ1n) is 5.19. The molecular weight excluding hydrogens is 210 g/mol. The number of aliphatic hydroxyl groups is 1. The van der Waals surface area contributed by atoms with Crippen LogP contribution in [0.5, 0.6) is 0 Å². The van der Waals surface area contributed by atoms with Crippen LogP contribution in [0.2, 0.25) is 0 Å². The Bertz CT molecular complexity index is 336. The van der Waals surface area contributed by atoms with Gasteiger partial charge < -0.3 is 10.0 Å². The number of carbonyl (C=O) groups excluding carboxylic acids is 1. The topological polar surface area (TPSA) is 40.5 Å². The van der Waals surface area contributed by atoms with E-state index in [9.17, 15) is 9.90 Å². The van der Waals surface area contributed by atoms with Crippen LogP contribution < -0.4 is 0 Å². The van der Waals surface area contributed by atoms with Crippen LogP contribution in [0.4, 0.5) is 0 Å². The van der Waals surface area contributed by atoms with E-state index in [0.29, 0.717) is 12.5 Å². The third-order valence-electron chi connectivity index (χ3n) is 2.94. The van der Waals surface area contributed by atoms with Crippen LogP contribution >= 0.6 is 11.3 Å². The molecule has 0 aliphatic carbocycles. The number of hydrogen-bond acceptors (Lipinski definition) is 3. The first-order valence-corrected chi connectivity index (χ1v) is 6.07. The standard InChI is InChI=1S/C11H15NO2S/c1-8-4-5-12(7-9(8)13)11(14)10-3-2-6-15-10/h2-3,6,8-9,13H,4-5,7H2,1H3. The van der Waals surface area contributed by atoms with Gasteiger partial charge in [-0.2, -0.15) is 0 Å². The second kappa shape index (κ2) is 4.33. The Balaban J connectivity index is 2.03. The molecule has 1 aromatic heterocycles. The number of thiophene rings is 1. The smallest absolute Gasteiger partial charge is 0.264 e. The number of amides is 1. The van der Waals surface area contributed by atoms with E-state index in [1.165, 1.54) is 11.3 Å². The SMILES string of the molecule is CC1CCN(C(=O)c2cccs2)CC1O. The van der Waals surface area contributed by atoms with Gasteiger partial charge in [0, 0.05) is 13.1 Å². The zero-order valence-corrected chi connectivity index (χ0v) is 9.54. The zero-order valence-electron chi connectivity index (χ0n) is 8.72. The number of likely N-dealkylation sites (tertiary alicyclic amines) is 1. The van der Waals surface area contributed by atoms with Gasteiger partial charge in [-0.25, -0.2) is 0 Å². The maximum atomic E-state index is 11.9. The highest BCUT2D eigenvalue weighted by molar-refractivity contribution is 7.12. The Hall–Kier alpha value is -0.870. The Kier molecular flexibility index (Phi) is 3.07. The molecule has 0 radical (unpaired) electrons. The van der Waals surface area contributed by atoms with Gasteiger partial charge in [0.25, 0.3) is 5.91 Å². The second-order valence-corrected chi connectivity index (χ2v) is 5.01. The molecule has 2 rings (SSSR count). The van der Waals surface area contributed by atoms with Crippen molar-refractivity contribution in [1.82, 2.24) is 4.90 Å². The van der Waals surface area contributed by atoms with Crippen LogP contribution in [-0.2, 0) is 0 Å². The van der Waals surface area contributed by atoms with E-state index < -0.39 is 0 Å². The summed E-state index contributed by atoms with van der Waals surface area (Å²) < 4.78 is 0. The van der Waals surface area contributed by atoms with Crippen molar-refractivity contribution in [3.05, 3.63) is 22.4 Å². The number of carbonyl (C=O) groups is 1. The lowest BCUT2D eigenvalue weighted by Crippen LogP contribution is -2.45. The summed E-state index contributed by atoms with van der Waals surface area (Å²) in [5.41, 5.74) is 0. The Labute approximate surface area is 93.3 Å². The molecule has 1 fully saturated rings. The molecule has 1 amide bonds. The monoisotopic (exact) mass is 225 g/mol. The predicted octanol–water partition coefficient (Wildman–Crippen LogP) is 1.59. The molecule has 0 saturated carbocycles. The van der Waals surface area contributed by atoms with Gasteiger partial charge in [0.15, 0.2) is 0 Å². The lowest BCUT2D eigenvalue weighted by molar-refractivity contribution is 0.0251. The number of nitrogens with zero attached hydrogens (tertiary/aromatic N) is 1. The molecule has 4 heteroatoms. The lowest BCUT2D eigenvalue weighted by atomic mass is 9.96. The summed E-state index contributed by atoms with van der Waals surface area (Å²) in [6.45, 7) is 3.25. The van der Waals surface area contributed by atoms with Crippen molar-refractivity contribution in [2.45, 2.75) is 19.4 Å². The van der Waals surface area contributed by atoms with Crippen LogP contribution in [0.3, 0.4) is 0 Å². The summed E-state index contributed by atoms with van der Waals surface area (Å²) in [5.74, 6) is 0.355. The fraction of sp³-hybridized carbons (Fsp3) is 0.545. The predicted molar refractivity (Wildman–Crippen MR) is 60.0 cm³/mol. The molecule has 0 spiro atoms. The first-order chi connectivity index (χ1) is 7.18. The van der Waals surface area contributed by atoms with Gasteiger partial charge in [-0.05, 0) is 23.8 Å². The van der Waals surface area contributed by atoms with E-state index in [1.54, 1.807) is 4.90 Å². The maximum Gasteiger partial charge on any atom is 0.264 e. The molecule has 0 aromatic carbocycles. The maximum absolute atomic E-state index is 11.9. The van der Waals surface area contributed by atoms with Crippen molar-refractivity contribution in [1.29, 1.82) is 0 Å². The summed E-state index contributed by atoms with van der Waals surface area (Å²) in [7, 11) is 0. The fourth-order valence-corrected chi connectivity index (χ4v) is 2.48. The van der Waals surface area contributed by atoms with Gasteiger partial charge in [0.05, 0.1) is 11.0 Å². The zero-order chi connectivity index (χ0) is 10.8. The summed E-state index contributed by atoms with van der Waals surface area (Å²) in [6, 6.07) is 3.71. The summed E-state index contributed by atoms with van der Waals surface area (Å²) in [6.07, 6.45) is 0.515. The average molecular weight is 225 g/mol. The van der Waals surface area contributed by atoms with Crippen LogP contribution in [0.25, 0.3) is 0 Å². The third kappa shape index (κ3) is 2.21. The third-order valence-corrected chi connectivity index (χ3v) is 3.80. The van der Waals surface area contributed by atoms with Gasteiger partial charge >= 0.3 is 0 Å². The molecule has 1 aliphatic heterocycles. The van der Waals surface area contributed by atoms with Crippen molar-refractivity contribution < 1.29 is 9.90 Å². The number of aliphatic hydroxyl groups excluding tert-OH is 1. The van der Waals surface area contributed by atoms with Crippen molar-refractivity contribution in [3.63, 3.8) is 0 Å². The number of rotatable bonds is 1. The van der Waals surface area contributed by atoms with Crippen LogP contribution in [0.1, 0.15) is 23.0 Å². The Morgan fingerprint density at radius 2 is 2.47 bits per heavy atom. The van der Waals surface area contributed by atoms with E-state index in [2.05, 4.69) is 0 Å². The van der Waals surface area contributed by atoms with Gasteiger partial charge in [-0.3, -0.25) is 4.79 Å². The van der Waals surface area contributed by atoms with Crippen LogP contribution in [0.15, 0.2) is 17.5 Å². The summed E-state index contributed by atoms with van der Waals surface area (Å²) in [5, 5.41) is 11.6.